The van der Waals surface area contributed by atoms with Gasteiger partial charge in [0, 0.05) is 5.56 Å². The third kappa shape index (κ3) is 1.72. The maximum absolute atomic E-state index is 6.02. The topological polar surface area (TPSA) is 69.7 Å². The number of pyridine rings is 1. The fraction of sp³-hybridized carbons (Fsp3) is 0.143. The molecule has 5 nitrogen and oxygen atoms in total. The molecule has 0 saturated carbocycles. The number of amidine groups is 1. The molecule has 1 aromatic heterocycles. The Balaban J connectivity index is 2.05. The Morgan fingerprint density at radius 2 is 2.05 bits per heavy atom. The van der Waals surface area contributed by atoms with Gasteiger partial charge in [-0.05, 0) is 18.2 Å². The molecule has 1 aromatic carbocycles. The quantitative estimate of drug-likeness (QED) is 0.586. The van der Waals surface area contributed by atoms with Gasteiger partial charge in [0.2, 0.25) is 0 Å². The maximum Gasteiger partial charge on any atom is 0.283 e. The Morgan fingerprint density at radius 3 is 2.81 bits per heavy atom. The van der Waals surface area contributed by atoms with Crippen LogP contribution in [0, 0.1) is 0 Å². The van der Waals surface area contributed by atoms with Crippen LogP contribution in [0.15, 0.2) is 35.3 Å². The van der Waals surface area contributed by atoms with Crippen molar-refractivity contribution in [3.05, 3.63) is 46.7 Å². The highest BCUT2D eigenvalue weighted by atomic mass is 35.5. The number of aromatic nitrogens is 1. The molecule has 0 amide bonds. The summed E-state index contributed by atoms with van der Waals surface area (Å²) in [6.45, 7) is 0.235. The Kier molecular flexibility index (Phi) is 2.47. The van der Waals surface area contributed by atoms with Gasteiger partial charge >= 0.3 is 0 Å². The molecular weight excluding hydrogens is 288 g/mol. The molecule has 0 bridgehead atoms. The molecule has 0 saturated heterocycles. The molecule has 3 heterocycles. The Morgan fingerprint density at radius 1 is 1.24 bits per heavy atom. The molecule has 0 aliphatic carbocycles. The number of hydrogen-bond acceptors (Lipinski definition) is 5. The molecule has 2 radical (unpaired) electrons. The van der Waals surface area contributed by atoms with Crippen molar-refractivity contribution >= 4 is 30.9 Å². The van der Waals surface area contributed by atoms with Gasteiger partial charge in [0.15, 0.2) is 11.3 Å². The number of halogens is 1. The predicted octanol–water partition coefficient (Wildman–Crippen LogP) is 1.22. The zero-order valence-electron chi connectivity index (χ0n) is 10.8. The first-order chi connectivity index (χ1) is 10.1. The van der Waals surface area contributed by atoms with Crippen LogP contribution in [-0.2, 0) is 10.3 Å². The number of benzene rings is 1. The zero-order valence-corrected chi connectivity index (χ0v) is 11.6. The number of fused-ring (bicyclic) bond motifs is 4. The minimum Gasteiger partial charge on any atom is -0.462 e. The molecular formula is C14H9BClN3O2. The normalized spacial score (nSPS) is 22.0. The molecule has 2 aliphatic rings. The average molecular weight is 298 g/mol. The standard InChI is InChI=1S/C14H9BClN3O2/c15-7-1-2-9-8(5-7)14(6-20-13(17)19-14)12-10(21-9)3-4-11(16)18-12/h1-5H,6H2,(H2,17,19). The third-order valence-corrected chi connectivity index (χ3v) is 3.83. The van der Waals surface area contributed by atoms with Crippen LogP contribution < -0.4 is 15.9 Å². The second-order valence-corrected chi connectivity index (χ2v) is 5.32. The second kappa shape index (κ2) is 4.15. The Bertz CT molecular complexity index is 742. The highest BCUT2D eigenvalue weighted by Gasteiger charge is 2.48. The van der Waals surface area contributed by atoms with Crippen LogP contribution in [0.5, 0.6) is 11.5 Å². The molecule has 2 aliphatic heterocycles. The summed E-state index contributed by atoms with van der Waals surface area (Å²) < 4.78 is 11.3. The Hall–Kier alpha value is -2.21. The number of rotatable bonds is 0. The van der Waals surface area contributed by atoms with Crippen LogP contribution in [0.3, 0.4) is 0 Å². The van der Waals surface area contributed by atoms with Crippen molar-refractivity contribution in [1.29, 1.82) is 0 Å². The first-order valence-corrected chi connectivity index (χ1v) is 6.69. The van der Waals surface area contributed by atoms with E-state index in [4.69, 9.17) is 34.7 Å². The molecule has 21 heavy (non-hydrogen) atoms. The van der Waals surface area contributed by atoms with E-state index in [1.54, 1.807) is 30.3 Å². The van der Waals surface area contributed by atoms with E-state index >= 15 is 0 Å². The largest absolute Gasteiger partial charge is 0.462 e. The van der Waals surface area contributed by atoms with E-state index in [0.717, 1.165) is 5.56 Å². The number of nitrogens with zero attached hydrogens (tertiary/aromatic N) is 2. The first-order valence-electron chi connectivity index (χ1n) is 6.31. The minimum atomic E-state index is -0.868. The van der Waals surface area contributed by atoms with E-state index in [1.807, 2.05) is 0 Å². The summed E-state index contributed by atoms with van der Waals surface area (Å²) >= 11 is 6.02. The van der Waals surface area contributed by atoms with Gasteiger partial charge in [-0.3, -0.25) is 0 Å². The van der Waals surface area contributed by atoms with Gasteiger partial charge in [-0.1, -0.05) is 29.2 Å². The lowest BCUT2D eigenvalue weighted by Crippen LogP contribution is -2.33. The summed E-state index contributed by atoms with van der Waals surface area (Å²) in [4.78, 5) is 8.83. The molecule has 7 heteroatoms. The first kappa shape index (κ1) is 12.5. The summed E-state index contributed by atoms with van der Waals surface area (Å²) in [5.41, 5.74) is 6.80. The highest BCUT2D eigenvalue weighted by molar-refractivity contribution is 6.32. The van der Waals surface area contributed by atoms with Crippen molar-refractivity contribution < 1.29 is 9.47 Å². The van der Waals surface area contributed by atoms with Crippen molar-refractivity contribution in [2.75, 3.05) is 6.61 Å². The summed E-state index contributed by atoms with van der Waals surface area (Å²) in [6, 6.07) is 8.90. The maximum atomic E-state index is 6.02. The van der Waals surface area contributed by atoms with Crippen molar-refractivity contribution in [1.82, 2.24) is 4.98 Å². The second-order valence-electron chi connectivity index (χ2n) is 4.94. The van der Waals surface area contributed by atoms with Crippen molar-refractivity contribution in [3.63, 3.8) is 0 Å². The van der Waals surface area contributed by atoms with Gasteiger partial charge in [0.25, 0.3) is 6.02 Å². The SMILES string of the molecule is [B]c1ccc2c(c1)C1(COC(N)=N1)c1nc(Cl)ccc1O2. The van der Waals surface area contributed by atoms with E-state index in [2.05, 4.69) is 9.98 Å². The van der Waals surface area contributed by atoms with E-state index < -0.39 is 5.54 Å². The average Bonchev–Trinajstić information content (AvgIpc) is 2.84. The predicted molar refractivity (Wildman–Crippen MR) is 79.5 cm³/mol. The van der Waals surface area contributed by atoms with E-state index in [9.17, 15) is 0 Å². The number of ether oxygens (including phenoxy) is 2. The van der Waals surface area contributed by atoms with E-state index in [-0.39, 0.29) is 12.6 Å². The van der Waals surface area contributed by atoms with Gasteiger partial charge in [-0.2, -0.15) is 0 Å². The molecule has 0 fully saturated rings. The van der Waals surface area contributed by atoms with Gasteiger partial charge in [-0.15, -0.1) is 0 Å². The molecule has 4 rings (SSSR count). The highest BCUT2D eigenvalue weighted by Crippen LogP contribution is 2.49. The Labute approximate surface area is 127 Å². The lowest BCUT2D eigenvalue weighted by molar-refractivity contribution is 0.260. The number of aliphatic imine (C=N–C) groups is 1. The monoisotopic (exact) mass is 297 g/mol. The van der Waals surface area contributed by atoms with Crippen LogP contribution >= 0.6 is 11.6 Å². The van der Waals surface area contributed by atoms with Crippen LogP contribution in [0.1, 0.15) is 11.3 Å². The molecule has 1 unspecified atom stereocenters. The molecule has 1 atom stereocenters. The van der Waals surface area contributed by atoms with Crippen molar-refractivity contribution in [3.8, 4) is 11.5 Å². The minimum absolute atomic E-state index is 0.109. The zero-order chi connectivity index (χ0) is 14.6. The third-order valence-electron chi connectivity index (χ3n) is 3.62. The molecule has 2 aromatic rings. The fourth-order valence-corrected chi connectivity index (χ4v) is 2.84. The van der Waals surface area contributed by atoms with Crippen LogP contribution in [0.2, 0.25) is 5.15 Å². The molecule has 102 valence electrons. The summed E-state index contributed by atoms with van der Waals surface area (Å²) in [5.74, 6) is 1.24. The summed E-state index contributed by atoms with van der Waals surface area (Å²) in [7, 11) is 5.89. The lowest BCUT2D eigenvalue weighted by Gasteiger charge is -2.32. The smallest absolute Gasteiger partial charge is 0.283 e. The lowest BCUT2D eigenvalue weighted by atomic mass is 9.81. The summed E-state index contributed by atoms with van der Waals surface area (Å²) in [5, 5.41) is 0.352. The van der Waals surface area contributed by atoms with Crippen LogP contribution in [0.25, 0.3) is 0 Å². The number of hydrogen-bond donors (Lipinski definition) is 1. The van der Waals surface area contributed by atoms with Crippen molar-refractivity contribution in [2.24, 2.45) is 10.7 Å². The fourth-order valence-electron chi connectivity index (χ4n) is 2.70. The van der Waals surface area contributed by atoms with Gasteiger partial charge in [-0.25, -0.2) is 9.98 Å². The van der Waals surface area contributed by atoms with Gasteiger partial charge in [0.1, 0.15) is 31.0 Å². The molecule has 2 N–H and O–H groups in total. The number of nitrogens with two attached hydrogens (primary N) is 1. The van der Waals surface area contributed by atoms with Gasteiger partial charge in [0.05, 0.1) is 0 Å². The molecule has 1 spiro atoms. The van der Waals surface area contributed by atoms with Crippen molar-refractivity contribution in [2.45, 2.75) is 5.54 Å². The van der Waals surface area contributed by atoms with Crippen LogP contribution in [-0.4, -0.2) is 25.5 Å². The van der Waals surface area contributed by atoms with E-state index in [1.165, 1.54) is 0 Å². The van der Waals surface area contributed by atoms with E-state index in [0.29, 0.717) is 27.8 Å². The summed E-state index contributed by atoms with van der Waals surface area (Å²) in [6.07, 6.45) is 0. The van der Waals surface area contributed by atoms with Crippen LogP contribution in [0.4, 0.5) is 0 Å². The van der Waals surface area contributed by atoms with Gasteiger partial charge < -0.3 is 15.2 Å².